The maximum absolute atomic E-state index is 12.7. The van der Waals surface area contributed by atoms with Gasteiger partial charge in [0, 0.05) is 23.2 Å². The van der Waals surface area contributed by atoms with Crippen LogP contribution < -0.4 is 10.6 Å². The van der Waals surface area contributed by atoms with Gasteiger partial charge in [0.15, 0.2) is 0 Å². The molecule has 150 valence electrons. The van der Waals surface area contributed by atoms with Crippen molar-refractivity contribution in [3.63, 3.8) is 0 Å². The average molecular weight is 416 g/mol. The molecule has 2 amide bonds. The molecule has 1 aromatic heterocycles. The lowest BCUT2D eigenvalue weighted by atomic mass is 10.0. The largest absolute Gasteiger partial charge is 0.351 e. The number of aromatic nitrogens is 1. The van der Waals surface area contributed by atoms with Crippen molar-refractivity contribution in [1.29, 1.82) is 0 Å². The molecule has 0 aliphatic rings. The van der Waals surface area contributed by atoms with Gasteiger partial charge in [-0.05, 0) is 47.3 Å². The number of carbonyl (C=O) groups excluding carboxylic acids is 2. The van der Waals surface area contributed by atoms with Gasteiger partial charge in [-0.2, -0.15) is 4.37 Å². The number of hydrogen-bond donors (Lipinski definition) is 2. The summed E-state index contributed by atoms with van der Waals surface area (Å²) in [6.45, 7) is 2.61. The predicted molar refractivity (Wildman–Crippen MR) is 121 cm³/mol. The SMILES string of the molecule is C[C@H](CNC(=O)c1cccc(NC(=O)c2nsc3ccccc23)c1)c1ccccc1. The zero-order valence-electron chi connectivity index (χ0n) is 16.5. The second kappa shape index (κ2) is 8.88. The quantitative estimate of drug-likeness (QED) is 0.461. The summed E-state index contributed by atoms with van der Waals surface area (Å²) < 4.78 is 5.24. The molecular formula is C24H21N3O2S. The van der Waals surface area contributed by atoms with Gasteiger partial charge in [-0.3, -0.25) is 9.59 Å². The molecule has 6 heteroatoms. The fourth-order valence-electron chi connectivity index (χ4n) is 3.23. The zero-order valence-corrected chi connectivity index (χ0v) is 17.3. The van der Waals surface area contributed by atoms with Crippen LogP contribution in [0.4, 0.5) is 5.69 Å². The Bertz CT molecular complexity index is 1190. The maximum Gasteiger partial charge on any atom is 0.276 e. The Morgan fingerprint density at radius 1 is 0.933 bits per heavy atom. The number of carbonyl (C=O) groups is 2. The van der Waals surface area contributed by atoms with E-state index < -0.39 is 0 Å². The average Bonchev–Trinajstić information content (AvgIpc) is 3.22. The molecule has 0 saturated carbocycles. The van der Waals surface area contributed by atoms with Crippen molar-refractivity contribution in [3.05, 3.63) is 95.7 Å². The molecule has 1 heterocycles. The lowest BCUT2D eigenvalue weighted by Crippen LogP contribution is -2.27. The molecule has 3 aromatic carbocycles. The van der Waals surface area contributed by atoms with Crippen molar-refractivity contribution >= 4 is 39.1 Å². The summed E-state index contributed by atoms with van der Waals surface area (Å²) in [7, 11) is 0. The van der Waals surface area contributed by atoms with Crippen molar-refractivity contribution < 1.29 is 9.59 Å². The molecule has 5 nitrogen and oxygen atoms in total. The minimum absolute atomic E-state index is 0.173. The third-order valence-corrected chi connectivity index (χ3v) is 5.74. The van der Waals surface area contributed by atoms with E-state index in [4.69, 9.17) is 0 Å². The van der Waals surface area contributed by atoms with Gasteiger partial charge in [0.05, 0.1) is 4.70 Å². The highest BCUT2D eigenvalue weighted by atomic mass is 32.1. The van der Waals surface area contributed by atoms with Gasteiger partial charge in [-0.1, -0.05) is 61.5 Å². The summed E-state index contributed by atoms with van der Waals surface area (Å²) in [6.07, 6.45) is 0. The second-order valence-corrected chi connectivity index (χ2v) is 7.89. The van der Waals surface area contributed by atoms with E-state index in [-0.39, 0.29) is 17.7 Å². The Labute approximate surface area is 178 Å². The number of amides is 2. The lowest BCUT2D eigenvalue weighted by molar-refractivity contribution is 0.0950. The topological polar surface area (TPSA) is 71.1 Å². The third kappa shape index (κ3) is 4.39. The van der Waals surface area contributed by atoms with E-state index in [0.717, 1.165) is 10.1 Å². The maximum atomic E-state index is 12.7. The summed E-state index contributed by atoms with van der Waals surface area (Å²) in [5.41, 5.74) is 2.62. The van der Waals surface area contributed by atoms with Crippen LogP contribution in [0.1, 0.15) is 39.3 Å². The number of nitrogens with zero attached hydrogens (tertiary/aromatic N) is 1. The van der Waals surface area contributed by atoms with Gasteiger partial charge in [-0.15, -0.1) is 0 Å². The lowest BCUT2D eigenvalue weighted by Gasteiger charge is -2.13. The van der Waals surface area contributed by atoms with Crippen LogP contribution in [0.3, 0.4) is 0 Å². The van der Waals surface area contributed by atoms with Gasteiger partial charge in [0.25, 0.3) is 11.8 Å². The molecule has 0 unspecified atom stereocenters. The molecule has 0 saturated heterocycles. The number of benzene rings is 3. The molecule has 0 fully saturated rings. The third-order valence-electron chi connectivity index (χ3n) is 4.91. The number of fused-ring (bicyclic) bond motifs is 1. The van der Waals surface area contributed by atoms with Crippen LogP contribution in [-0.4, -0.2) is 22.7 Å². The number of nitrogens with one attached hydrogen (secondary N) is 2. The summed E-state index contributed by atoms with van der Waals surface area (Å²) >= 11 is 1.29. The standard InChI is InChI=1S/C24H21N3O2S/c1-16(17-8-3-2-4-9-17)15-25-23(28)18-10-7-11-19(14-18)26-24(29)22-20-12-5-6-13-21(20)30-27-22/h2-14,16H,15H2,1H3,(H,25,28)(H,26,29)/t16-/m1/s1. The molecule has 0 aliphatic carbocycles. The van der Waals surface area contributed by atoms with Gasteiger partial charge in [0.2, 0.25) is 0 Å². The van der Waals surface area contributed by atoms with Gasteiger partial charge >= 0.3 is 0 Å². The molecule has 0 radical (unpaired) electrons. The molecule has 2 N–H and O–H groups in total. The first-order valence-electron chi connectivity index (χ1n) is 9.71. The van der Waals surface area contributed by atoms with E-state index in [1.165, 1.54) is 17.1 Å². The van der Waals surface area contributed by atoms with Crippen LogP contribution in [0.15, 0.2) is 78.9 Å². The van der Waals surface area contributed by atoms with E-state index in [0.29, 0.717) is 23.5 Å². The number of anilines is 1. The molecule has 4 rings (SSSR count). The summed E-state index contributed by atoms with van der Waals surface area (Å²) in [6, 6.07) is 24.6. The predicted octanol–water partition coefficient (Wildman–Crippen LogP) is 5.08. The van der Waals surface area contributed by atoms with Crippen LogP contribution in [-0.2, 0) is 0 Å². The van der Waals surface area contributed by atoms with Crippen LogP contribution >= 0.6 is 11.5 Å². The molecule has 0 aliphatic heterocycles. The van der Waals surface area contributed by atoms with Crippen molar-refractivity contribution in [3.8, 4) is 0 Å². The molecule has 0 spiro atoms. The van der Waals surface area contributed by atoms with E-state index in [9.17, 15) is 9.59 Å². The van der Waals surface area contributed by atoms with Crippen molar-refractivity contribution in [1.82, 2.24) is 9.69 Å². The van der Waals surface area contributed by atoms with Crippen LogP contribution in [0, 0.1) is 0 Å². The highest BCUT2D eigenvalue weighted by molar-refractivity contribution is 7.13. The summed E-state index contributed by atoms with van der Waals surface area (Å²) in [5, 5.41) is 6.64. The van der Waals surface area contributed by atoms with Crippen LogP contribution in [0.25, 0.3) is 10.1 Å². The fourth-order valence-corrected chi connectivity index (χ4v) is 4.00. The smallest absolute Gasteiger partial charge is 0.276 e. The Morgan fingerprint density at radius 3 is 2.53 bits per heavy atom. The van der Waals surface area contributed by atoms with Crippen LogP contribution in [0.5, 0.6) is 0 Å². The first-order valence-corrected chi connectivity index (χ1v) is 10.5. The highest BCUT2D eigenvalue weighted by Gasteiger charge is 2.15. The van der Waals surface area contributed by atoms with Gasteiger partial charge in [-0.25, -0.2) is 0 Å². The Balaban J connectivity index is 1.42. The van der Waals surface area contributed by atoms with Gasteiger partial charge < -0.3 is 10.6 Å². The monoisotopic (exact) mass is 415 g/mol. The van der Waals surface area contributed by atoms with E-state index in [2.05, 4.69) is 34.1 Å². The van der Waals surface area contributed by atoms with Crippen LogP contribution in [0.2, 0.25) is 0 Å². The number of rotatable bonds is 6. The van der Waals surface area contributed by atoms with Crippen molar-refractivity contribution in [2.75, 3.05) is 11.9 Å². The fraction of sp³-hybridized carbons (Fsp3) is 0.125. The first-order chi connectivity index (χ1) is 14.6. The minimum atomic E-state index is -0.289. The molecule has 0 bridgehead atoms. The van der Waals surface area contributed by atoms with E-state index in [1.807, 2.05) is 42.5 Å². The zero-order chi connectivity index (χ0) is 20.9. The minimum Gasteiger partial charge on any atom is -0.351 e. The molecule has 4 aromatic rings. The Hall–Kier alpha value is -3.51. The Kier molecular flexibility index (Phi) is 5.86. The van der Waals surface area contributed by atoms with Crippen molar-refractivity contribution in [2.24, 2.45) is 0 Å². The molecule has 1 atom stereocenters. The van der Waals surface area contributed by atoms with E-state index in [1.54, 1.807) is 24.3 Å². The summed E-state index contributed by atoms with van der Waals surface area (Å²) in [5.74, 6) is -0.258. The van der Waals surface area contributed by atoms with Gasteiger partial charge in [0.1, 0.15) is 5.69 Å². The second-order valence-electron chi connectivity index (χ2n) is 7.08. The number of hydrogen-bond acceptors (Lipinski definition) is 4. The van der Waals surface area contributed by atoms with E-state index >= 15 is 0 Å². The normalized spacial score (nSPS) is 11.8. The summed E-state index contributed by atoms with van der Waals surface area (Å²) in [4.78, 5) is 25.3. The van der Waals surface area contributed by atoms with Crippen molar-refractivity contribution in [2.45, 2.75) is 12.8 Å². The molecule has 30 heavy (non-hydrogen) atoms. The first kappa shape index (κ1) is 19.8. The highest BCUT2D eigenvalue weighted by Crippen LogP contribution is 2.23. The molecular weight excluding hydrogens is 394 g/mol. The Morgan fingerprint density at radius 2 is 1.70 bits per heavy atom.